The van der Waals surface area contributed by atoms with Crippen molar-refractivity contribution in [2.24, 2.45) is 5.92 Å². The van der Waals surface area contributed by atoms with Gasteiger partial charge >= 0.3 is 5.97 Å². The highest BCUT2D eigenvalue weighted by molar-refractivity contribution is 5.79. The van der Waals surface area contributed by atoms with Gasteiger partial charge in [0, 0.05) is 31.9 Å². The van der Waals surface area contributed by atoms with E-state index >= 15 is 0 Å². The molecule has 1 aromatic rings. The van der Waals surface area contributed by atoms with Crippen molar-refractivity contribution in [3.8, 4) is 0 Å². The molecule has 1 aliphatic carbocycles. The molecule has 0 unspecified atom stereocenters. The number of aliphatic carboxylic acids is 1. The summed E-state index contributed by atoms with van der Waals surface area (Å²) >= 11 is 0. The lowest BCUT2D eigenvalue weighted by atomic mass is 9.86. The van der Waals surface area contributed by atoms with Crippen LogP contribution in [0.2, 0.25) is 0 Å². The molecule has 1 N–H and O–H groups in total. The van der Waals surface area contributed by atoms with E-state index in [2.05, 4.69) is 17.1 Å². The Kier molecular flexibility index (Phi) is 4.24. The fraction of sp³-hybridized carbons (Fsp3) is 0.588. The standard InChI is InChI=1S/C17H23N3O3/c1-13-18-8-11-20(13)17(16(22)23)6-9-19(10-7-17)15(21)12-14-4-2-3-5-14/h2,4,8,11,14H,3,5-7,9-10,12H2,1H3,(H,22,23)/t14-/m1/s1. The maximum Gasteiger partial charge on any atom is 0.330 e. The number of carboxylic acids is 1. The number of aromatic nitrogens is 2. The molecule has 0 aromatic carbocycles. The lowest BCUT2D eigenvalue weighted by molar-refractivity contribution is -0.153. The van der Waals surface area contributed by atoms with E-state index in [1.807, 2.05) is 11.8 Å². The van der Waals surface area contributed by atoms with Crippen molar-refractivity contribution in [1.29, 1.82) is 0 Å². The number of piperidine rings is 1. The molecule has 1 atom stereocenters. The molecule has 0 spiro atoms. The molecule has 23 heavy (non-hydrogen) atoms. The number of hydrogen-bond donors (Lipinski definition) is 1. The normalized spacial score (nSPS) is 23.2. The largest absolute Gasteiger partial charge is 0.479 e. The van der Waals surface area contributed by atoms with Gasteiger partial charge in [-0.15, -0.1) is 0 Å². The minimum absolute atomic E-state index is 0.142. The monoisotopic (exact) mass is 317 g/mol. The number of hydrogen-bond acceptors (Lipinski definition) is 3. The SMILES string of the molecule is Cc1nccn1C1(C(=O)O)CCN(C(=O)C[C@@H]2C=CCC2)CC1. The van der Waals surface area contributed by atoms with E-state index in [-0.39, 0.29) is 5.91 Å². The number of rotatable bonds is 4. The lowest BCUT2D eigenvalue weighted by Gasteiger charge is -2.40. The maximum absolute atomic E-state index is 12.4. The van der Waals surface area contributed by atoms with Crippen LogP contribution in [0.1, 0.15) is 37.9 Å². The number of aryl methyl sites for hydroxylation is 1. The molecule has 6 heteroatoms. The third kappa shape index (κ3) is 2.90. The number of carbonyl (C=O) groups is 2. The van der Waals surface area contributed by atoms with Gasteiger partial charge in [-0.05, 0) is 38.5 Å². The molecule has 1 aliphatic heterocycles. The number of allylic oxidation sites excluding steroid dienone is 2. The van der Waals surface area contributed by atoms with Crippen molar-refractivity contribution in [1.82, 2.24) is 14.5 Å². The summed E-state index contributed by atoms with van der Waals surface area (Å²) in [5, 5.41) is 9.78. The highest BCUT2D eigenvalue weighted by atomic mass is 16.4. The van der Waals surface area contributed by atoms with Gasteiger partial charge in [0.15, 0.2) is 0 Å². The summed E-state index contributed by atoms with van der Waals surface area (Å²) < 4.78 is 1.75. The molecule has 0 saturated carbocycles. The van der Waals surface area contributed by atoms with E-state index in [1.165, 1.54) is 0 Å². The Morgan fingerprint density at radius 1 is 1.39 bits per heavy atom. The van der Waals surface area contributed by atoms with Crippen molar-refractivity contribution in [2.45, 2.75) is 44.6 Å². The van der Waals surface area contributed by atoms with Gasteiger partial charge < -0.3 is 14.6 Å². The lowest BCUT2D eigenvalue weighted by Crippen LogP contribution is -2.52. The van der Waals surface area contributed by atoms with E-state index in [1.54, 1.807) is 17.0 Å². The topological polar surface area (TPSA) is 75.4 Å². The fourth-order valence-electron chi connectivity index (χ4n) is 3.73. The average Bonchev–Trinajstić information content (AvgIpc) is 3.19. The van der Waals surface area contributed by atoms with Gasteiger partial charge in [-0.25, -0.2) is 9.78 Å². The summed E-state index contributed by atoms with van der Waals surface area (Å²) in [6, 6.07) is 0. The van der Waals surface area contributed by atoms with Crippen LogP contribution in [-0.4, -0.2) is 44.5 Å². The smallest absolute Gasteiger partial charge is 0.330 e. The predicted octanol–water partition coefficient (Wildman–Crippen LogP) is 1.95. The zero-order valence-corrected chi connectivity index (χ0v) is 13.4. The molecule has 1 aromatic heterocycles. The summed E-state index contributed by atoms with van der Waals surface area (Å²) in [4.78, 5) is 30.3. The zero-order chi connectivity index (χ0) is 16.4. The number of amides is 1. The van der Waals surface area contributed by atoms with E-state index in [4.69, 9.17) is 0 Å². The molecule has 124 valence electrons. The van der Waals surface area contributed by atoms with Crippen molar-refractivity contribution < 1.29 is 14.7 Å². The van der Waals surface area contributed by atoms with Crippen LogP contribution in [0.5, 0.6) is 0 Å². The van der Waals surface area contributed by atoms with Gasteiger partial charge in [-0.2, -0.15) is 0 Å². The maximum atomic E-state index is 12.4. The average molecular weight is 317 g/mol. The molecular weight excluding hydrogens is 294 g/mol. The molecular formula is C17H23N3O3. The summed E-state index contributed by atoms with van der Waals surface area (Å²) in [6.45, 7) is 2.78. The van der Waals surface area contributed by atoms with Crippen LogP contribution in [0, 0.1) is 12.8 Å². The highest BCUT2D eigenvalue weighted by Crippen LogP contribution is 2.32. The van der Waals surface area contributed by atoms with Crippen molar-refractivity contribution in [3.63, 3.8) is 0 Å². The summed E-state index contributed by atoms with van der Waals surface area (Å²) in [7, 11) is 0. The van der Waals surface area contributed by atoms with Crippen molar-refractivity contribution in [3.05, 3.63) is 30.4 Å². The third-order valence-electron chi connectivity index (χ3n) is 5.18. The minimum atomic E-state index is -0.982. The zero-order valence-electron chi connectivity index (χ0n) is 13.4. The second kappa shape index (κ2) is 6.18. The van der Waals surface area contributed by atoms with Crippen molar-refractivity contribution >= 4 is 11.9 Å². The van der Waals surface area contributed by atoms with Crippen LogP contribution in [0.4, 0.5) is 0 Å². The Balaban J connectivity index is 1.68. The molecule has 1 fully saturated rings. The second-order valence-electron chi connectivity index (χ2n) is 6.53. The number of carbonyl (C=O) groups excluding carboxylic acids is 1. The summed E-state index contributed by atoms with van der Waals surface area (Å²) in [5.41, 5.74) is -0.982. The van der Waals surface area contributed by atoms with Gasteiger partial charge in [0.2, 0.25) is 5.91 Å². The Hall–Kier alpha value is -2.11. The molecule has 1 saturated heterocycles. The molecule has 6 nitrogen and oxygen atoms in total. The van der Waals surface area contributed by atoms with Crippen LogP contribution >= 0.6 is 0 Å². The molecule has 2 heterocycles. The molecule has 0 bridgehead atoms. The van der Waals surface area contributed by atoms with Crippen LogP contribution < -0.4 is 0 Å². The highest BCUT2D eigenvalue weighted by Gasteiger charge is 2.44. The second-order valence-corrected chi connectivity index (χ2v) is 6.53. The van der Waals surface area contributed by atoms with Crippen LogP contribution in [-0.2, 0) is 15.1 Å². The van der Waals surface area contributed by atoms with Crippen molar-refractivity contribution in [2.75, 3.05) is 13.1 Å². The molecule has 3 rings (SSSR count). The first kappa shape index (κ1) is 15.8. The number of carboxylic acid groups (broad SMARTS) is 1. The number of imidazole rings is 1. The molecule has 2 aliphatic rings. The van der Waals surface area contributed by atoms with Crippen LogP contribution in [0.25, 0.3) is 0 Å². The number of nitrogens with zero attached hydrogens (tertiary/aromatic N) is 3. The summed E-state index contributed by atoms with van der Waals surface area (Å²) in [6.07, 6.45) is 11.1. The Labute approximate surface area is 135 Å². The van der Waals surface area contributed by atoms with E-state index < -0.39 is 11.5 Å². The molecule has 0 radical (unpaired) electrons. The van der Waals surface area contributed by atoms with Crippen LogP contribution in [0.3, 0.4) is 0 Å². The van der Waals surface area contributed by atoms with Crippen LogP contribution in [0.15, 0.2) is 24.5 Å². The Bertz CT molecular complexity index is 627. The van der Waals surface area contributed by atoms with Gasteiger partial charge in [-0.1, -0.05) is 12.2 Å². The fourth-order valence-corrected chi connectivity index (χ4v) is 3.73. The van der Waals surface area contributed by atoms with Gasteiger partial charge in [0.1, 0.15) is 11.4 Å². The quantitative estimate of drug-likeness (QED) is 0.861. The minimum Gasteiger partial charge on any atom is -0.479 e. The van der Waals surface area contributed by atoms with E-state index in [0.717, 1.165) is 12.8 Å². The first-order valence-electron chi connectivity index (χ1n) is 8.21. The first-order chi connectivity index (χ1) is 11.0. The molecule has 1 amide bonds. The summed E-state index contributed by atoms with van der Waals surface area (Å²) in [5.74, 6) is 0.347. The Morgan fingerprint density at radius 2 is 2.13 bits per heavy atom. The predicted molar refractivity (Wildman–Crippen MR) is 84.9 cm³/mol. The third-order valence-corrected chi connectivity index (χ3v) is 5.18. The van der Waals surface area contributed by atoms with Gasteiger partial charge in [0.05, 0.1) is 0 Å². The Morgan fingerprint density at radius 3 is 2.65 bits per heavy atom. The van der Waals surface area contributed by atoms with E-state index in [9.17, 15) is 14.7 Å². The van der Waals surface area contributed by atoms with Gasteiger partial charge in [0.25, 0.3) is 0 Å². The van der Waals surface area contributed by atoms with Gasteiger partial charge in [-0.3, -0.25) is 4.79 Å². The number of likely N-dealkylation sites (tertiary alicyclic amines) is 1. The van der Waals surface area contributed by atoms with E-state index in [0.29, 0.717) is 44.1 Å². The first-order valence-corrected chi connectivity index (χ1v) is 8.21.